The third-order valence-corrected chi connectivity index (χ3v) is 6.36. The number of hydrogen-bond donors (Lipinski definition) is 0. The fourth-order valence-electron chi connectivity index (χ4n) is 4.69. The lowest BCUT2D eigenvalue weighted by Gasteiger charge is -2.17. The summed E-state index contributed by atoms with van der Waals surface area (Å²) in [7, 11) is 6.38. The molecule has 2 heterocycles. The highest BCUT2D eigenvalue weighted by molar-refractivity contribution is 6.26. The molecular weight excluding hydrogens is 438 g/mol. The van der Waals surface area contributed by atoms with Crippen molar-refractivity contribution >= 4 is 32.3 Å². The lowest BCUT2D eigenvalue weighted by atomic mass is 9.94. The molecule has 3 aromatic carbocycles. The zero-order valence-electron chi connectivity index (χ0n) is 19.7. The van der Waals surface area contributed by atoms with Crippen LogP contribution in [0.15, 0.2) is 41.3 Å². The summed E-state index contributed by atoms with van der Waals surface area (Å²) in [6.07, 6.45) is 2.14. The number of fused-ring (bicyclic) bond motifs is 6. The van der Waals surface area contributed by atoms with Crippen molar-refractivity contribution in [3.05, 3.63) is 46.9 Å². The molecular formula is C26H27NO7. The van der Waals surface area contributed by atoms with Gasteiger partial charge in [-0.2, -0.15) is 0 Å². The number of methoxy groups -OCH3 is 4. The number of hydrogen-bond acceptors (Lipinski definition) is 7. The molecule has 1 saturated heterocycles. The van der Waals surface area contributed by atoms with Gasteiger partial charge in [0, 0.05) is 19.2 Å². The van der Waals surface area contributed by atoms with Gasteiger partial charge in [0.05, 0.1) is 47.0 Å². The van der Waals surface area contributed by atoms with Gasteiger partial charge in [-0.1, -0.05) is 0 Å². The first-order valence-corrected chi connectivity index (χ1v) is 11.1. The van der Waals surface area contributed by atoms with Crippen LogP contribution in [0.1, 0.15) is 6.42 Å². The second-order valence-electron chi connectivity index (χ2n) is 8.07. The summed E-state index contributed by atoms with van der Waals surface area (Å²) in [5.41, 5.74) is -0.0931. The lowest BCUT2D eigenvalue weighted by molar-refractivity contribution is -0.0491. The fraction of sp³-hybridized carbons (Fsp3) is 0.346. The molecule has 1 aromatic heterocycles. The monoisotopic (exact) mass is 465 g/mol. The van der Waals surface area contributed by atoms with Crippen molar-refractivity contribution in [1.82, 2.24) is 4.57 Å². The van der Waals surface area contributed by atoms with E-state index in [-0.39, 0.29) is 11.8 Å². The standard InChI is InChI=1S/C26H27NO7/c1-29-20-11-16-15-5-7-27(8-6-24-33-9-10-34-24)26(28)25(15)19-14-23(32-4)22(31-3)13-18(19)17(16)12-21(20)30-2/h5,7,11-14,24H,6,8-10H2,1-4H3. The van der Waals surface area contributed by atoms with Crippen molar-refractivity contribution in [3.8, 4) is 23.0 Å². The summed E-state index contributed by atoms with van der Waals surface area (Å²) >= 11 is 0. The van der Waals surface area contributed by atoms with E-state index in [1.165, 1.54) is 0 Å². The Balaban J connectivity index is 1.84. The number of aryl methyl sites for hydroxylation is 1. The molecule has 0 N–H and O–H groups in total. The van der Waals surface area contributed by atoms with E-state index in [0.717, 1.165) is 26.9 Å². The van der Waals surface area contributed by atoms with E-state index in [2.05, 4.69) is 0 Å². The molecule has 1 aliphatic heterocycles. The second-order valence-corrected chi connectivity index (χ2v) is 8.07. The van der Waals surface area contributed by atoms with Crippen molar-refractivity contribution in [2.24, 2.45) is 0 Å². The van der Waals surface area contributed by atoms with Gasteiger partial charge in [0.2, 0.25) is 0 Å². The van der Waals surface area contributed by atoms with Crippen LogP contribution in [0.3, 0.4) is 0 Å². The van der Waals surface area contributed by atoms with Crippen LogP contribution in [0.25, 0.3) is 32.3 Å². The Kier molecular flexibility index (Phi) is 5.93. The van der Waals surface area contributed by atoms with Crippen LogP contribution in [0.4, 0.5) is 0 Å². The maximum atomic E-state index is 13.8. The summed E-state index contributed by atoms with van der Waals surface area (Å²) in [5, 5.41) is 4.88. The van der Waals surface area contributed by atoms with Crippen molar-refractivity contribution in [3.63, 3.8) is 0 Å². The molecule has 0 saturated carbocycles. The molecule has 0 atom stereocenters. The molecule has 8 nitrogen and oxygen atoms in total. The van der Waals surface area contributed by atoms with E-state index >= 15 is 0 Å². The quantitative estimate of drug-likeness (QED) is 0.380. The van der Waals surface area contributed by atoms with Crippen molar-refractivity contribution in [1.29, 1.82) is 0 Å². The van der Waals surface area contributed by atoms with Crippen LogP contribution in [-0.2, 0) is 16.0 Å². The van der Waals surface area contributed by atoms with Crippen LogP contribution in [0.5, 0.6) is 23.0 Å². The Morgan fingerprint density at radius 2 is 1.24 bits per heavy atom. The minimum atomic E-state index is -0.281. The van der Waals surface area contributed by atoms with Crippen molar-refractivity contribution in [2.45, 2.75) is 19.3 Å². The van der Waals surface area contributed by atoms with E-state index in [0.29, 0.717) is 54.6 Å². The van der Waals surface area contributed by atoms with Gasteiger partial charge in [0.15, 0.2) is 29.3 Å². The number of rotatable bonds is 7. The average molecular weight is 466 g/mol. The van der Waals surface area contributed by atoms with Crippen molar-refractivity contribution in [2.75, 3.05) is 41.7 Å². The second kappa shape index (κ2) is 9.04. The van der Waals surface area contributed by atoms with Crippen LogP contribution < -0.4 is 24.5 Å². The molecule has 178 valence electrons. The summed E-state index contributed by atoms with van der Waals surface area (Å²) in [6.45, 7) is 1.65. The van der Waals surface area contributed by atoms with Gasteiger partial charge in [-0.15, -0.1) is 0 Å². The van der Waals surface area contributed by atoms with Gasteiger partial charge in [0.25, 0.3) is 5.56 Å². The van der Waals surface area contributed by atoms with E-state index in [1.54, 1.807) is 33.0 Å². The molecule has 1 aliphatic rings. The minimum absolute atomic E-state index is 0.0931. The summed E-state index contributed by atoms with van der Waals surface area (Å²) in [5.74, 6) is 2.34. The average Bonchev–Trinajstić information content (AvgIpc) is 3.40. The summed E-state index contributed by atoms with van der Waals surface area (Å²) in [4.78, 5) is 13.8. The molecule has 0 unspecified atom stereocenters. The summed E-state index contributed by atoms with van der Waals surface area (Å²) < 4.78 is 35.0. The third-order valence-electron chi connectivity index (χ3n) is 6.36. The SMILES string of the molecule is COc1cc2c(cc1OC)c1ccn(CCC3OCCO3)c(=O)c1c1cc(OC)c(OC)cc21. The fourth-order valence-corrected chi connectivity index (χ4v) is 4.69. The largest absolute Gasteiger partial charge is 0.493 e. The molecule has 0 spiro atoms. The molecule has 0 amide bonds. The Morgan fingerprint density at radius 3 is 1.76 bits per heavy atom. The topological polar surface area (TPSA) is 77.4 Å². The Labute approximate surface area is 196 Å². The zero-order valence-corrected chi connectivity index (χ0v) is 19.7. The predicted molar refractivity (Wildman–Crippen MR) is 130 cm³/mol. The van der Waals surface area contributed by atoms with Gasteiger partial charge in [-0.25, -0.2) is 0 Å². The Morgan fingerprint density at radius 1 is 0.765 bits per heavy atom. The van der Waals surface area contributed by atoms with Crippen molar-refractivity contribution < 1.29 is 28.4 Å². The van der Waals surface area contributed by atoms with E-state index in [1.807, 2.05) is 36.5 Å². The number of aromatic nitrogens is 1. The van der Waals surface area contributed by atoms with Crippen LogP contribution >= 0.6 is 0 Å². The first kappa shape index (κ1) is 22.3. The highest BCUT2D eigenvalue weighted by atomic mass is 16.7. The smallest absolute Gasteiger partial charge is 0.259 e. The maximum absolute atomic E-state index is 13.8. The normalized spacial score (nSPS) is 14.2. The van der Waals surface area contributed by atoms with Crippen LogP contribution in [0, 0.1) is 0 Å². The van der Waals surface area contributed by atoms with Crippen LogP contribution in [0.2, 0.25) is 0 Å². The van der Waals surface area contributed by atoms with E-state index < -0.39 is 0 Å². The highest BCUT2D eigenvalue weighted by Crippen LogP contribution is 2.43. The van der Waals surface area contributed by atoms with Gasteiger partial charge in [-0.05, 0) is 57.3 Å². The van der Waals surface area contributed by atoms with Gasteiger partial charge in [0.1, 0.15) is 0 Å². The van der Waals surface area contributed by atoms with Crippen LogP contribution in [-0.4, -0.2) is 52.5 Å². The summed E-state index contributed by atoms with van der Waals surface area (Å²) in [6, 6.07) is 9.58. The molecule has 8 heteroatoms. The number of benzene rings is 3. The molecule has 0 aliphatic carbocycles. The predicted octanol–water partition coefficient (Wildman–Crippen LogP) is 4.11. The number of pyridine rings is 1. The molecule has 34 heavy (non-hydrogen) atoms. The Bertz CT molecular complexity index is 1440. The zero-order chi connectivity index (χ0) is 23.8. The Hall–Kier alpha value is -3.49. The van der Waals surface area contributed by atoms with Gasteiger partial charge < -0.3 is 33.0 Å². The first-order chi connectivity index (χ1) is 16.6. The van der Waals surface area contributed by atoms with E-state index in [4.69, 9.17) is 28.4 Å². The van der Waals surface area contributed by atoms with E-state index in [9.17, 15) is 4.79 Å². The number of ether oxygens (including phenoxy) is 6. The molecule has 1 fully saturated rings. The lowest BCUT2D eigenvalue weighted by Crippen LogP contribution is -2.22. The molecule has 5 rings (SSSR count). The van der Waals surface area contributed by atoms with Gasteiger partial charge in [-0.3, -0.25) is 4.79 Å². The molecule has 4 aromatic rings. The molecule has 0 radical (unpaired) electrons. The minimum Gasteiger partial charge on any atom is -0.493 e. The number of nitrogens with zero attached hydrogens (tertiary/aromatic N) is 1. The molecule has 0 bridgehead atoms. The maximum Gasteiger partial charge on any atom is 0.259 e. The third kappa shape index (κ3) is 3.59. The highest BCUT2D eigenvalue weighted by Gasteiger charge is 2.20. The van der Waals surface area contributed by atoms with Gasteiger partial charge >= 0.3 is 0 Å². The first-order valence-electron chi connectivity index (χ1n) is 11.1.